The molecule has 0 bridgehead atoms. The molecule has 0 amide bonds. The average Bonchev–Trinajstić information content (AvgIpc) is 2.47. The largest absolute Gasteiger partial charge is 0.458 e. The highest BCUT2D eigenvalue weighted by Crippen LogP contribution is 2.22. The second kappa shape index (κ2) is 6.55. The van der Waals surface area contributed by atoms with E-state index in [-0.39, 0.29) is 10.9 Å². The molecule has 0 saturated carbocycles. The Morgan fingerprint density at radius 1 is 1.24 bits per heavy atom. The zero-order chi connectivity index (χ0) is 15.5. The predicted octanol–water partition coefficient (Wildman–Crippen LogP) is 1.33. The number of hydrogen-bond donors (Lipinski definition) is 0. The summed E-state index contributed by atoms with van der Waals surface area (Å²) in [6.07, 6.45) is -0.400. The Morgan fingerprint density at radius 3 is 2.33 bits per heavy atom. The molecule has 1 aromatic rings. The van der Waals surface area contributed by atoms with E-state index >= 15 is 0 Å². The van der Waals surface area contributed by atoms with Crippen molar-refractivity contribution >= 4 is 16.0 Å². The molecule has 0 aliphatic carbocycles. The summed E-state index contributed by atoms with van der Waals surface area (Å²) >= 11 is 0. The summed E-state index contributed by atoms with van der Waals surface area (Å²) < 4.78 is 36.5. The lowest BCUT2D eigenvalue weighted by atomic mass is 10.1. The van der Waals surface area contributed by atoms with E-state index in [9.17, 15) is 13.2 Å². The lowest BCUT2D eigenvalue weighted by Crippen LogP contribution is -2.40. The molecule has 1 aliphatic rings. The predicted molar refractivity (Wildman–Crippen MR) is 76.2 cm³/mol. The first kappa shape index (κ1) is 15.9. The number of esters is 1. The van der Waals surface area contributed by atoms with Gasteiger partial charge in [-0.15, -0.1) is 0 Å². The summed E-state index contributed by atoms with van der Waals surface area (Å²) in [7, 11) is -3.48. The van der Waals surface area contributed by atoms with Gasteiger partial charge in [0, 0.05) is 20.0 Å². The highest BCUT2D eigenvalue weighted by atomic mass is 32.2. The summed E-state index contributed by atoms with van der Waals surface area (Å²) in [5.41, 5.74) is 0.756. The van der Waals surface area contributed by atoms with Crippen LogP contribution >= 0.6 is 0 Å². The van der Waals surface area contributed by atoms with Gasteiger partial charge in [0.1, 0.15) is 6.10 Å². The van der Waals surface area contributed by atoms with Gasteiger partial charge in [0.2, 0.25) is 10.0 Å². The third-order valence-electron chi connectivity index (χ3n) is 3.30. The van der Waals surface area contributed by atoms with Crippen molar-refractivity contribution in [1.29, 1.82) is 0 Å². The van der Waals surface area contributed by atoms with Gasteiger partial charge in [-0.05, 0) is 24.6 Å². The zero-order valence-electron chi connectivity index (χ0n) is 12.1. The minimum absolute atomic E-state index is 0.239. The molecular weight excluding hydrogens is 294 g/mol. The SMILES string of the molecule is CC(=O)OC(C)c1ccc(S(=O)(=O)N2CCOCC2)cc1. The number of nitrogens with zero attached hydrogens (tertiary/aromatic N) is 1. The van der Waals surface area contributed by atoms with Crippen molar-refractivity contribution < 1.29 is 22.7 Å². The topological polar surface area (TPSA) is 72.9 Å². The van der Waals surface area contributed by atoms with Crippen molar-refractivity contribution in [2.24, 2.45) is 0 Å². The van der Waals surface area contributed by atoms with Crippen LogP contribution in [0.1, 0.15) is 25.5 Å². The van der Waals surface area contributed by atoms with Crippen molar-refractivity contribution in [1.82, 2.24) is 4.31 Å². The molecule has 1 aromatic carbocycles. The number of ether oxygens (including phenoxy) is 2. The van der Waals surface area contributed by atoms with E-state index in [4.69, 9.17) is 9.47 Å². The van der Waals surface area contributed by atoms with Gasteiger partial charge >= 0.3 is 5.97 Å². The van der Waals surface area contributed by atoms with E-state index in [2.05, 4.69) is 0 Å². The zero-order valence-corrected chi connectivity index (χ0v) is 12.9. The maximum atomic E-state index is 12.4. The lowest BCUT2D eigenvalue weighted by molar-refractivity contribution is -0.145. The molecule has 6 nitrogen and oxygen atoms in total. The van der Waals surface area contributed by atoms with Crippen LogP contribution in [0.25, 0.3) is 0 Å². The van der Waals surface area contributed by atoms with E-state index in [1.165, 1.54) is 11.2 Å². The maximum absolute atomic E-state index is 12.4. The number of sulfonamides is 1. The molecule has 0 N–H and O–H groups in total. The van der Waals surface area contributed by atoms with Crippen LogP contribution in [-0.2, 0) is 24.3 Å². The third kappa shape index (κ3) is 3.81. The van der Waals surface area contributed by atoms with Crippen LogP contribution in [0.4, 0.5) is 0 Å². The molecule has 1 saturated heterocycles. The molecule has 0 radical (unpaired) electrons. The lowest BCUT2D eigenvalue weighted by Gasteiger charge is -2.26. The Morgan fingerprint density at radius 2 is 1.81 bits per heavy atom. The number of morpholine rings is 1. The average molecular weight is 313 g/mol. The second-order valence-corrected chi connectivity index (χ2v) is 6.78. The first-order chi connectivity index (χ1) is 9.91. The van der Waals surface area contributed by atoms with Gasteiger partial charge in [-0.3, -0.25) is 4.79 Å². The Labute approximate surface area is 124 Å². The van der Waals surface area contributed by atoms with Gasteiger partial charge in [-0.1, -0.05) is 12.1 Å². The summed E-state index contributed by atoms with van der Waals surface area (Å²) in [5.74, 6) is -0.368. The normalized spacial score (nSPS) is 18.2. The fraction of sp³-hybridized carbons (Fsp3) is 0.500. The van der Waals surface area contributed by atoms with Crippen LogP contribution in [0.2, 0.25) is 0 Å². The molecule has 2 rings (SSSR count). The molecule has 1 fully saturated rings. The Hall–Kier alpha value is -1.44. The molecule has 7 heteroatoms. The third-order valence-corrected chi connectivity index (χ3v) is 5.21. The van der Waals surface area contributed by atoms with Gasteiger partial charge in [-0.2, -0.15) is 4.31 Å². The highest BCUT2D eigenvalue weighted by Gasteiger charge is 2.26. The van der Waals surface area contributed by atoms with E-state index < -0.39 is 16.1 Å². The molecule has 1 atom stereocenters. The Kier molecular flexibility index (Phi) is 4.97. The number of carbonyl (C=O) groups is 1. The summed E-state index contributed by atoms with van der Waals surface area (Å²) in [6.45, 7) is 4.66. The van der Waals surface area contributed by atoms with Gasteiger partial charge in [0.25, 0.3) is 0 Å². The Balaban J connectivity index is 2.16. The molecule has 1 heterocycles. The quantitative estimate of drug-likeness (QED) is 0.784. The van der Waals surface area contributed by atoms with Crippen LogP contribution in [0.5, 0.6) is 0 Å². The smallest absolute Gasteiger partial charge is 0.303 e. The number of carbonyl (C=O) groups excluding carboxylic acids is 1. The van der Waals surface area contributed by atoms with E-state index in [1.807, 2.05) is 0 Å². The van der Waals surface area contributed by atoms with Gasteiger partial charge < -0.3 is 9.47 Å². The highest BCUT2D eigenvalue weighted by molar-refractivity contribution is 7.89. The number of rotatable bonds is 4. The first-order valence-electron chi connectivity index (χ1n) is 6.76. The summed E-state index contributed by atoms with van der Waals surface area (Å²) in [5, 5.41) is 0. The maximum Gasteiger partial charge on any atom is 0.303 e. The van der Waals surface area contributed by atoms with Crippen LogP contribution < -0.4 is 0 Å². The second-order valence-electron chi connectivity index (χ2n) is 4.84. The number of hydrogen-bond acceptors (Lipinski definition) is 5. The monoisotopic (exact) mass is 313 g/mol. The number of benzene rings is 1. The van der Waals surface area contributed by atoms with E-state index in [1.54, 1.807) is 31.2 Å². The van der Waals surface area contributed by atoms with Crippen LogP contribution in [0.3, 0.4) is 0 Å². The van der Waals surface area contributed by atoms with Gasteiger partial charge in [0.05, 0.1) is 18.1 Å². The minimum Gasteiger partial charge on any atom is -0.458 e. The van der Waals surface area contributed by atoms with Crippen molar-refractivity contribution in [2.45, 2.75) is 24.8 Å². The van der Waals surface area contributed by atoms with E-state index in [0.29, 0.717) is 26.3 Å². The fourth-order valence-electron chi connectivity index (χ4n) is 2.16. The molecule has 0 aromatic heterocycles. The van der Waals surface area contributed by atoms with Crippen LogP contribution in [0.15, 0.2) is 29.2 Å². The molecule has 1 unspecified atom stereocenters. The van der Waals surface area contributed by atoms with Crippen LogP contribution in [-0.4, -0.2) is 45.0 Å². The summed E-state index contributed by atoms with van der Waals surface area (Å²) in [4.78, 5) is 11.2. The van der Waals surface area contributed by atoms with Crippen molar-refractivity contribution in [3.05, 3.63) is 29.8 Å². The van der Waals surface area contributed by atoms with Crippen molar-refractivity contribution in [2.75, 3.05) is 26.3 Å². The van der Waals surface area contributed by atoms with E-state index in [0.717, 1.165) is 5.56 Å². The van der Waals surface area contributed by atoms with Gasteiger partial charge in [0.15, 0.2) is 0 Å². The summed E-state index contributed by atoms with van der Waals surface area (Å²) in [6, 6.07) is 6.42. The van der Waals surface area contributed by atoms with Crippen LogP contribution in [0, 0.1) is 0 Å². The molecular formula is C14H19NO5S. The standard InChI is InChI=1S/C14H19NO5S/c1-11(20-12(2)16)13-3-5-14(6-4-13)21(17,18)15-7-9-19-10-8-15/h3-6,11H,7-10H2,1-2H3. The first-order valence-corrected chi connectivity index (χ1v) is 8.20. The molecule has 21 heavy (non-hydrogen) atoms. The Bertz CT molecular complexity index is 590. The minimum atomic E-state index is -3.48. The van der Waals surface area contributed by atoms with Crippen molar-refractivity contribution in [3.8, 4) is 0 Å². The molecule has 0 spiro atoms. The fourth-order valence-corrected chi connectivity index (χ4v) is 3.57. The van der Waals surface area contributed by atoms with Gasteiger partial charge in [-0.25, -0.2) is 8.42 Å². The molecule has 1 aliphatic heterocycles. The van der Waals surface area contributed by atoms with Crippen molar-refractivity contribution in [3.63, 3.8) is 0 Å². The molecule has 116 valence electrons.